The van der Waals surface area contributed by atoms with Crippen molar-refractivity contribution in [3.05, 3.63) is 183 Å². The normalized spacial score (nSPS) is 12.0. The minimum atomic E-state index is -1.50. The fourth-order valence-corrected chi connectivity index (χ4v) is 11.6. The first-order chi connectivity index (χ1) is 50.6. The van der Waals surface area contributed by atoms with E-state index in [9.17, 15) is 63.0 Å². The first kappa shape index (κ1) is 85.8. The van der Waals surface area contributed by atoms with Crippen LogP contribution in [0.1, 0.15) is 87.0 Å². The Labute approximate surface area is 612 Å². The SMILES string of the molecule is CC(=O)SCCOCCOCCOCCOCCOCCOCCOCCOCCC(=O)NCCC(=O)N(Cc1cc(F)c(C(=O)C[C@@H](Cc2ccc(-c3c(C)n(C)c(=O)n(C)c3=O)cc2)C(=O)O)c(F)c1)Cc1cc(F)c(C(=O)C[C@@H](Cc2ccc(-c3c(C)n(C)c(=O)n(C)c3=O)cc2)C(=O)O)c(F)c1. The number of benzene rings is 4. The summed E-state index contributed by atoms with van der Waals surface area (Å²) in [6.45, 7) is 8.28. The fraction of sp³-hybridized carbons (Fsp3) is 0.473. The molecule has 0 saturated heterocycles. The van der Waals surface area contributed by atoms with Gasteiger partial charge in [0.05, 0.1) is 140 Å². The zero-order valence-electron chi connectivity index (χ0n) is 60.3. The molecule has 0 bridgehead atoms. The maximum atomic E-state index is 16.1. The van der Waals surface area contributed by atoms with Crippen molar-refractivity contribution in [2.24, 2.45) is 40.0 Å². The number of amides is 2. The number of carboxylic acid groups (broad SMARTS) is 2. The standard InChI is InChI=1S/C74H90F4N6O21S/c1-46-65(69(90)82(6)73(96)80(46)4)53-12-8-49(9-13-53)36-55(71(92)93)42-61(86)67-57(75)38-51(39-58(67)76)44-84(45-52-40-59(77)68(60(78)41-52)62(87)43-56(72(94)95)37-50-10-14-54(15-11-50)66-47(2)81(5)74(97)83(7)70(66)91)64(89)16-18-79-63(88)17-19-98-20-21-99-22-23-100-24-25-101-26-27-102-28-29-103-30-31-104-32-33-105-34-35-106-48(3)85/h8-15,38-41,55-56H,16-37,42-45H2,1-7H3,(H,79,88)(H,92,93)(H,94,95)/t55-,56-/m1/s1. The van der Waals surface area contributed by atoms with Gasteiger partial charge in [0, 0.05) is 97.6 Å². The van der Waals surface area contributed by atoms with Gasteiger partial charge in [0.2, 0.25) is 11.8 Å². The molecule has 3 N–H and O–H groups in total. The van der Waals surface area contributed by atoms with E-state index in [1.165, 1.54) is 105 Å². The number of ether oxygens (including phenoxy) is 8. The second-order valence-corrected chi connectivity index (χ2v) is 25.9. The summed E-state index contributed by atoms with van der Waals surface area (Å²) < 4.78 is 113. The van der Waals surface area contributed by atoms with Gasteiger partial charge >= 0.3 is 23.3 Å². The van der Waals surface area contributed by atoms with Crippen molar-refractivity contribution in [2.75, 3.05) is 118 Å². The lowest BCUT2D eigenvalue weighted by atomic mass is 9.90. The van der Waals surface area contributed by atoms with E-state index in [-0.39, 0.29) is 86.2 Å². The fourth-order valence-electron chi connectivity index (χ4n) is 11.1. The number of hydrogen-bond acceptors (Lipinski definition) is 20. The Kier molecular flexibility index (Phi) is 35.2. The second-order valence-electron chi connectivity index (χ2n) is 24.7. The van der Waals surface area contributed by atoms with Crippen LogP contribution in [0.4, 0.5) is 17.6 Å². The molecule has 4 aromatic carbocycles. The molecule has 0 aliphatic carbocycles. The summed E-state index contributed by atoms with van der Waals surface area (Å²) in [5.41, 5.74) is -2.12. The van der Waals surface area contributed by atoms with Crippen molar-refractivity contribution in [1.82, 2.24) is 28.5 Å². The summed E-state index contributed by atoms with van der Waals surface area (Å²) in [6, 6.07) is 15.1. The second kappa shape index (κ2) is 43.5. The van der Waals surface area contributed by atoms with Gasteiger partial charge < -0.3 is 67.5 Å². The summed E-state index contributed by atoms with van der Waals surface area (Å²) in [5.74, 6) is -14.9. The average Bonchev–Trinajstić information content (AvgIpc) is 0.786. The smallest absolute Gasteiger partial charge is 0.330 e. The van der Waals surface area contributed by atoms with Crippen molar-refractivity contribution in [3.8, 4) is 22.3 Å². The summed E-state index contributed by atoms with van der Waals surface area (Å²) >= 11 is 1.22. The number of Topliss-reactive ketones (excluding diaryl/α,β-unsaturated/α-hetero) is 2. The van der Waals surface area contributed by atoms with Gasteiger partial charge in [0.1, 0.15) is 23.3 Å². The molecule has 2 amide bonds. The molecule has 0 spiro atoms. The third-order valence-electron chi connectivity index (χ3n) is 17.1. The molecule has 2 aromatic heterocycles. The number of rotatable bonds is 48. The maximum absolute atomic E-state index is 16.1. The van der Waals surface area contributed by atoms with Crippen molar-refractivity contribution >= 4 is 52.2 Å². The Morgan fingerprint density at radius 1 is 0.462 bits per heavy atom. The van der Waals surface area contributed by atoms with Crippen LogP contribution < -0.4 is 27.8 Å². The number of carbonyl (C=O) groups is 7. The average molecular weight is 1510 g/mol. The van der Waals surface area contributed by atoms with Gasteiger partial charge in [0.15, 0.2) is 16.7 Å². The molecule has 0 saturated carbocycles. The summed E-state index contributed by atoms with van der Waals surface area (Å²) in [7, 11) is 5.64. The van der Waals surface area contributed by atoms with Crippen LogP contribution >= 0.6 is 11.8 Å². The predicted molar refractivity (Wildman–Crippen MR) is 381 cm³/mol. The Morgan fingerprint density at radius 2 is 0.783 bits per heavy atom. The van der Waals surface area contributed by atoms with Crippen LogP contribution in [0.15, 0.2) is 92.0 Å². The minimum absolute atomic E-state index is 0.0350. The van der Waals surface area contributed by atoms with Crippen molar-refractivity contribution in [2.45, 2.75) is 72.4 Å². The lowest BCUT2D eigenvalue weighted by Crippen LogP contribution is -2.39. The van der Waals surface area contributed by atoms with E-state index in [4.69, 9.17) is 37.9 Å². The lowest BCUT2D eigenvalue weighted by Gasteiger charge is -2.24. The zero-order chi connectivity index (χ0) is 77.6. The quantitative estimate of drug-likeness (QED) is 0.0229. The molecule has 6 rings (SSSR count). The van der Waals surface area contributed by atoms with E-state index < -0.39 is 136 Å². The van der Waals surface area contributed by atoms with Crippen molar-refractivity contribution in [1.29, 1.82) is 0 Å². The van der Waals surface area contributed by atoms with Crippen LogP contribution in [0, 0.1) is 49.0 Å². The number of hydrogen-bond donors (Lipinski definition) is 3. The van der Waals surface area contributed by atoms with E-state index >= 15 is 17.6 Å². The number of ketones is 2. The van der Waals surface area contributed by atoms with E-state index in [0.29, 0.717) is 112 Å². The van der Waals surface area contributed by atoms with E-state index in [1.807, 2.05) is 0 Å². The molecule has 0 unspecified atom stereocenters. The van der Waals surface area contributed by atoms with Gasteiger partial charge in [-0.05, 0) is 84.3 Å². The van der Waals surface area contributed by atoms with Gasteiger partial charge in [-0.25, -0.2) is 27.2 Å². The summed E-state index contributed by atoms with van der Waals surface area (Å²) in [4.78, 5) is 142. The lowest BCUT2D eigenvalue weighted by molar-refractivity contribution is -0.142. The third kappa shape index (κ3) is 26.1. The molecule has 2 heterocycles. The Hall–Kier alpha value is -9.12. The zero-order valence-corrected chi connectivity index (χ0v) is 61.1. The van der Waals surface area contributed by atoms with Gasteiger partial charge in [0.25, 0.3) is 11.1 Å². The summed E-state index contributed by atoms with van der Waals surface area (Å²) in [5, 5.41) is 23.0. The highest BCUT2D eigenvalue weighted by molar-refractivity contribution is 8.13. The number of carbonyl (C=O) groups excluding carboxylic acids is 5. The molecule has 0 aliphatic heterocycles. The Morgan fingerprint density at radius 3 is 1.10 bits per heavy atom. The van der Waals surface area contributed by atoms with Crippen molar-refractivity contribution in [3.63, 3.8) is 0 Å². The van der Waals surface area contributed by atoms with Gasteiger partial charge in [-0.2, -0.15) is 0 Å². The van der Waals surface area contributed by atoms with E-state index in [0.717, 1.165) is 38.3 Å². The number of nitrogens with one attached hydrogen (secondary N) is 1. The first-order valence-corrected chi connectivity index (χ1v) is 35.1. The number of aliphatic carboxylic acids is 2. The Bertz CT molecular complexity index is 4010. The summed E-state index contributed by atoms with van der Waals surface area (Å²) in [6.07, 6.45) is -2.93. The molecule has 27 nitrogen and oxygen atoms in total. The van der Waals surface area contributed by atoms with E-state index in [1.54, 1.807) is 13.8 Å². The maximum Gasteiger partial charge on any atom is 0.330 e. The molecular weight excluding hydrogens is 1420 g/mol. The first-order valence-electron chi connectivity index (χ1n) is 34.1. The highest BCUT2D eigenvalue weighted by Gasteiger charge is 2.30. The number of halogens is 4. The van der Waals surface area contributed by atoms with Crippen LogP contribution in [0.2, 0.25) is 0 Å². The number of carboxylic acids is 2. The molecule has 0 aliphatic rings. The highest BCUT2D eigenvalue weighted by Crippen LogP contribution is 2.28. The van der Waals surface area contributed by atoms with Crippen molar-refractivity contribution < 1.29 is 99.2 Å². The molecule has 32 heteroatoms. The number of nitrogens with zero attached hydrogens (tertiary/aromatic N) is 5. The largest absolute Gasteiger partial charge is 0.481 e. The molecule has 576 valence electrons. The van der Waals surface area contributed by atoms with Gasteiger partial charge in [-0.3, -0.25) is 52.3 Å². The third-order valence-corrected chi connectivity index (χ3v) is 17.8. The monoisotopic (exact) mass is 1510 g/mol. The molecule has 0 fully saturated rings. The Balaban J connectivity index is 1.01. The predicted octanol–water partition coefficient (Wildman–Crippen LogP) is 5.86. The van der Waals surface area contributed by atoms with Gasteiger partial charge in [-0.15, -0.1) is 0 Å². The molecular formula is C74H90F4N6O21S. The number of thioether (sulfide) groups is 1. The van der Waals surface area contributed by atoms with E-state index in [2.05, 4.69) is 5.32 Å². The number of aromatic nitrogens is 4. The van der Waals surface area contributed by atoms with Gasteiger partial charge in [-0.1, -0.05) is 60.3 Å². The van der Waals surface area contributed by atoms with Crippen LogP contribution in [0.3, 0.4) is 0 Å². The minimum Gasteiger partial charge on any atom is -0.481 e. The van der Waals surface area contributed by atoms with Crippen LogP contribution in [0.25, 0.3) is 22.3 Å². The molecule has 2 atom stereocenters. The molecule has 6 aromatic rings. The topological polar surface area (TPSA) is 337 Å². The highest BCUT2D eigenvalue weighted by atomic mass is 32.2. The molecule has 0 radical (unpaired) electrons. The van der Waals surface area contributed by atoms with Crippen LogP contribution in [0.5, 0.6) is 0 Å². The molecule has 106 heavy (non-hydrogen) atoms. The van der Waals surface area contributed by atoms with Crippen LogP contribution in [-0.4, -0.2) is 192 Å². The van der Waals surface area contributed by atoms with Crippen LogP contribution in [-0.2, 0) is 116 Å².